The highest BCUT2D eigenvalue weighted by molar-refractivity contribution is 5.79. The van der Waals surface area contributed by atoms with E-state index in [1.807, 2.05) is 25.6 Å². The molecule has 140 valence electrons. The second kappa shape index (κ2) is 8.84. The van der Waals surface area contributed by atoms with E-state index in [-0.39, 0.29) is 5.69 Å². The van der Waals surface area contributed by atoms with Gasteiger partial charge in [-0.05, 0) is 19.9 Å². The largest absolute Gasteiger partial charge is 0.378 e. The first-order valence-electron chi connectivity index (χ1n) is 8.35. The molecule has 0 aliphatic carbocycles. The van der Waals surface area contributed by atoms with Crippen molar-refractivity contribution >= 4 is 17.3 Å². The molecule has 0 fully saturated rings. The van der Waals surface area contributed by atoms with Crippen LogP contribution in [-0.2, 0) is 13.6 Å². The summed E-state index contributed by atoms with van der Waals surface area (Å²) in [5.41, 5.74) is 3.82. The van der Waals surface area contributed by atoms with Gasteiger partial charge >= 0.3 is 0 Å². The van der Waals surface area contributed by atoms with Gasteiger partial charge in [0.05, 0.1) is 10.6 Å². The van der Waals surface area contributed by atoms with E-state index >= 15 is 0 Å². The summed E-state index contributed by atoms with van der Waals surface area (Å²) in [6.45, 7) is 5.73. The molecule has 0 bridgehead atoms. The third-order valence-corrected chi connectivity index (χ3v) is 4.15. The van der Waals surface area contributed by atoms with Crippen LogP contribution >= 0.6 is 0 Å². The third-order valence-electron chi connectivity index (χ3n) is 4.15. The van der Waals surface area contributed by atoms with Gasteiger partial charge in [0.2, 0.25) is 0 Å². The van der Waals surface area contributed by atoms with E-state index in [1.165, 1.54) is 6.07 Å². The maximum Gasteiger partial charge on any atom is 0.292 e. The number of nitrogens with zero attached hydrogens (tertiary/aromatic N) is 4. The summed E-state index contributed by atoms with van der Waals surface area (Å²) in [7, 11) is 3.63. The average Bonchev–Trinajstić information content (AvgIpc) is 2.86. The lowest BCUT2D eigenvalue weighted by Crippen LogP contribution is -2.39. The highest BCUT2D eigenvalue weighted by atomic mass is 16.6. The number of rotatable bonds is 7. The van der Waals surface area contributed by atoms with E-state index < -0.39 is 4.92 Å². The number of hydrogen-bond donors (Lipinski definition) is 3. The van der Waals surface area contributed by atoms with Gasteiger partial charge in [0.1, 0.15) is 5.69 Å². The summed E-state index contributed by atoms with van der Waals surface area (Å²) in [4.78, 5) is 14.8. The molecule has 1 aromatic carbocycles. The molecular formula is C17H25N7O2. The van der Waals surface area contributed by atoms with Crippen molar-refractivity contribution in [2.45, 2.75) is 20.4 Å². The van der Waals surface area contributed by atoms with Gasteiger partial charge in [-0.15, -0.1) is 0 Å². The molecule has 0 atom stereocenters. The first-order chi connectivity index (χ1) is 12.4. The number of benzene rings is 1. The molecule has 0 saturated heterocycles. The van der Waals surface area contributed by atoms with Crippen LogP contribution in [0.5, 0.6) is 0 Å². The number of hydrogen-bond acceptors (Lipinski definition) is 5. The number of aryl methyl sites for hydroxylation is 2. The topological polar surface area (TPSA) is 109 Å². The van der Waals surface area contributed by atoms with E-state index in [0.717, 1.165) is 17.0 Å². The molecule has 0 aliphatic rings. The third kappa shape index (κ3) is 4.71. The van der Waals surface area contributed by atoms with Crippen LogP contribution in [0, 0.1) is 24.0 Å². The van der Waals surface area contributed by atoms with E-state index in [0.29, 0.717) is 31.3 Å². The summed E-state index contributed by atoms with van der Waals surface area (Å²) in [6.07, 6.45) is 0. The van der Waals surface area contributed by atoms with E-state index in [1.54, 1.807) is 25.2 Å². The molecule has 0 aliphatic heterocycles. The lowest BCUT2D eigenvalue weighted by Gasteiger charge is -2.13. The minimum absolute atomic E-state index is 0.0672. The van der Waals surface area contributed by atoms with Gasteiger partial charge in [0.25, 0.3) is 5.69 Å². The monoisotopic (exact) mass is 359 g/mol. The van der Waals surface area contributed by atoms with Crippen LogP contribution in [-0.4, -0.2) is 40.8 Å². The van der Waals surface area contributed by atoms with Gasteiger partial charge in [0, 0.05) is 51.1 Å². The first kappa shape index (κ1) is 19.2. The molecule has 9 nitrogen and oxygen atoms in total. The second-order valence-electron chi connectivity index (χ2n) is 5.83. The molecule has 26 heavy (non-hydrogen) atoms. The van der Waals surface area contributed by atoms with Crippen molar-refractivity contribution in [2.75, 3.05) is 25.5 Å². The van der Waals surface area contributed by atoms with E-state index in [2.05, 4.69) is 26.0 Å². The first-order valence-corrected chi connectivity index (χ1v) is 8.35. The fourth-order valence-electron chi connectivity index (χ4n) is 2.63. The Labute approximate surface area is 152 Å². The number of anilines is 1. The predicted molar refractivity (Wildman–Crippen MR) is 102 cm³/mol. The van der Waals surface area contributed by atoms with Crippen LogP contribution in [0.2, 0.25) is 0 Å². The molecule has 2 aromatic rings. The Bertz CT molecular complexity index is 798. The number of nitrogens with one attached hydrogen (secondary N) is 3. The standard InChI is InChI=1S/C17H25N7O2/c1-12-14(13(2)23(4)22-12)11-21-17(18-3)20-10-9-19-15-7-5-6-8-16(15)24(25)26/h5-8,19H,9-11H2,1-4H3,(H2,18,20,21). The Balaban J connectivity index is 1.82. The van der Waals surface area contributed by atoms with E-state index in [9.17, 15) is 10.1 Å². The number of para-hydroxylation sites is 2. The van der Waals surface area contributed by atoms with Gasteiger partial charge in [-0.1, -0.05) is 12.1 Å². The Morgan fingerprint density at radius 2 is 2.00 bits per heavy atom. The number of nitro benzene ring substituents is 1. The molecule has 1 aromatic heterocycles. The normalized spacial score (nSPS) is 11.3. The van der Waals surface area contributed by atoms with Crippen molar-refractivity contribution in [1.82, 2.24) is 20.4 Å². The lowest BCUT2D eigenvalue weighted by molar-refractivity contribution is -0.384. The molecule has 2 rings (SSSR count). The van der Waals surface area contributed by atoms with Gasteiger partial charge < -0.3 is 16.0 Å². The number of aromatic nitrogens is 2. The van der Waals surface area contributed by atoms with Crippen LogP contribution in [0.4, 0.5) is 11.4 Å². The van der Waals surface area contributed by atoms with Gasteiger partial charge in [-0.2, -0.15) is 5.10 Å². The zero-order chi connectivity index (χ0) is 19.1. The summed E-state index contributed by atoms with van der Waals surface area (Å²) in [6, 6.07) is 6.59. The summed E-state index contributed by atoms with van der Waals surface area (Å²) >= 11 is 0. The number of aliphatic imine (C=N–C) groups is 1. The van der Waals surface area contributed by atoms with Crippen LogP contribution in [0.25, 0.3) is 0 Å². The predicted octanol–water partition coefficient (Wildman–Crippen LogP) is 1.72. The van der Waals surface area contributed by atoms with Crippen molar-refractivity contribution in [3.63, 3.8) is 0 Å². The van der Waals surface area contributed by atoms with Crippen molar-refractivity contribution in [3.05, 3.63) is 51.3 Å². The summed E-state index contributed by atoms with van der Waals surface area (Å²) in [5.74, 6) is 0.664. The zero-order valence-electron chi connectivity index (χ0n) is 15.5. The highest BCUT2D eigenvalue weighted by Crippen LogP contribution is 2.22. The van der Waals surface area contributed by atoms with Crippen LogP contribution in [0.1, 0.15) is 17.0 Å². The van der Waals surface area contributed by atoms with Crippen LogP contribution in [0.15, 0.2) is 29.3 Å². The molecule has 9 heteroatoms. The fraction of sp³-hybridized carbons (Fsp3) is 0.412. The minimum Gasteiger partial charge on any atom is -0.378 e. The van der Waals surface area contributed by atoms with Gasteiger partial charge in [-0.25, -0.2) is 0 Å². The Morgan fingerprint density at radius 3 is 2.62 bits per heavy atom. The summed E-state index contributed by atoms with van der Waals surface area (Å²) < 4.78 is 1.86. The molecule has 0 radical (unpaired) electrons. The quantitative estimate of drug-likeness (QED) is 0.228. The molecular weight excluding hydrogens is 334 g/mol. The highest BCUT2D eigenvalue weighted by Gasteiger charge is 2.12. The molecule has 3 N–H and O–H groups in total. The Hall–Kier alpha value is -3.10. The van der Waals surface area contributed by atoms with Crippen molar-refractivity contribution < 1.29 is 4.92 Å². The Morgan fingerprint density at radius 1 is 1.27 bits per heavy atom. The minimum atomic E-state index is -0.394. The van der Waals surface area contributed by atoms with Crippen molar-refractivity contribution in [3.8, 4) is 0 Å². The van der Waals surface area contributed by atoms with Gasteiger partial charge in [-0.3, -0.25) is 19.8 Å². The summed E-state index contributed by atoms with van der Waals surface area (Å²) in [5, 5.41) is 24.9. The lowest BCUT2D eigenvalue weighted by atomic mass is 10.2. The molecule has 0 amide bonds. The van der Waals surface area contributed by atoms with Crippen LogP contribution < -0.4 is 16.0 Å². The zero-order valence-corrected chi connectivity index (χ0v) is 15.5. The SMILES string of the molecule is CN=C(NCCNc1ccccc1[N+](=O)[O-])NCc1c(C)nn(C)c1C. The number of guanidine groups is 1. The molecule has 0 saturated carbocycles. The van der Waals surface area contributed by atoms with Gasteiger partial charge in [0.15, 0.2) is 5.96 Å². The Kier molecular flexibility index (Phi) is 6.54. The smallest absolute Gasteiger partial charge is 0.292 e. The number of nitro groups is 1. The fourth-order valence-corrected chi connectivity index (χ4v) is 2.63. The van der Waals surface area contributed by atoms with Crippen molar-refractivity contribution in [1.29, 1.82) is 0 Å². The van der Waals surface area contributed by atoms with Crippen LogP contribution in [0.3, 0.4) is 0 Å². The maximum absolute atomic E-state index is 11.0. The second-order valence-corrected chi connectivity index (χ2v) is 5.83. The molecule has 0 unspecified atom stereocenters. The maximum atomic E-state index is 11.0. The van der Waals surface area contributed by atoms with Crippen molar-refractivity contribution in [2.24, 2.45) is 12.0 Å². The molecule has 1 heterocycles. The van der Waals surface area contributed by atoms with E-state index in [4.69, 9.17) is 0 Å². The average molecular weight is 359 g/mol. The molecule has 0 spiro atoms.